The molecule has 1 aliphatic carbocycles. The number of ketones is 1. The number of aromatic nitrogens is 3. The van der Waals surface area contributed by atoms with E-state index in [0.29, 0.717) is 29.1 Å². The molecule has 2 aromatic rings. The van der Waals surface area contributed by atoms with E-state index in [4.69, 9.17) is 5.41 Å². The quantitative estimate of drug-likeness (QED) is 0.335. The summed E-state index contributed by atoms with van der Waals surface area (Å²) in [5.41, 5.74) is 3.20. The molecule has 2 aromatic heterocycles. The van der Waals surface area contributed by atoms with Crippen LogP contribution in [0.15, 0.2) is 60.7 Å². The molecule has 32 heavy (non-hydrogen) atoms. The molecule has 1 saturated carbocycles. The Morgan fingerprint density at radius 1 is 1.22 bits per heavy atom. The van der Waals surface area contributed by atoms with Crippen molar-refractivity contribution in [1.82, 2.24) is 19.9 Å². The first-order chi connectivity index (χ1) is 15.4. The second kappa shape index (κ2) is 10.6. The van der Waals surface area contributed by atoms with E-state index in [9.17, 15) is 4.79 Å². The minimum atomic E-state index is 0.104. The third kappa shape index (κ3) is 5.75. The number of hydrogen-bond acceptors (Lipinski definition) is 7. The van der Waals surface area contributed by atoms with Gasteiger partial charge in [-0.1, -0.05) is 18.2 Å². The number of hydrogen-bond donors (Lipinski definition) is 2. The van der Waals surface area contributed by atoms with Crippen LogP contribution in [0.25, 0.3) is 5.57 Å². The van der Waals surface area contributed by atoms with E-state index >= 15 is 0 Å². The summed E-state index contributed by atoms with van der Waals surface area (Å²) in [7, 11) is 3.77. The van der Waals surface area contributed by atoms with E-state index in [0.717, 1.165) is 18.4 Å². The lowest BCUT2D eigenvalue weighted by atomic mass is 10.0. The van der Waals surface area contributed by atoms with Gasteiger partial charge in [-0.2, -0.15) is 0 Å². The number of carbonyl (C=O) groups excluding carboxylic acids is 1. The van der Waals surface area contributed by atoms with Gasteiger partial charge in [0.05, 0.1) is 0 Å². The Hall–Kier alpha value is -3.61. The lowest BCUT2D eigenvalue weighted by Gasteiger charge is -2.13. The Bertz CT molecular complexity index is 1060. The molecule has 0 unspecified atom stereocenters. The summed E-state index contributed by atoms with van der Waals surface area (Å²) >= 11 is 0. The minimum absolute atomic E-state index is 0.104. The van der Waals surface area contributed by atoms with Gasteiger partial charge in [0.2, 0.25) is 0 Å². The van der Waals surface area contributed by atoms with Gasteiger partial charge in [0.15, 0.2) is 11.6 Å². The maximum Gasteiger partial charge on any atom is 0.178 e. The molecule has 0 amide bonds. The third-order valence-electron chi connectivity index (χ3n) is 5.08. The van der Waals surface area contributed by atoms with Crippen molar-refractivity contribution in [3.63, 3.8) is 0 Å². The first-order valence-electron chi connectivity index (χ1n) is 10.8. The highest BCUT2D eigenvalue weighted by atomic mass is 16.1. The van der Waals surface area contributed by atoms with Crippen LogP contribution in [0.3, 0.4) is 0 Å². The van der Waals surface area contributed by atoms with Crippen LogP contribution in [-0.2, 0) is 4.79 Å². The molecule has 0 aliphatic heterocycles. The number of rotatable bonds is 10. The Balaban J connectivity index is 1.82. The van der Waals surface area contributed by atoms with Gasteiger partial charge in [-0.3, -0.25) is 10.2 Å². The molecule has 7 heteroatoms. The zero-order valence-corrected chi connectivity index (χ0v) is 19.1. The fourth-order valence-electron chi connectivity index (χ4n) is 3.23. The van der Waals surface area contributed by atoms with Crippen LogP contribution in [0.1, 0.15) is 43.6 Å². The third-order valence-corrected chi connectivity index (χ3v) is 5.08. The van der Waals surface area contributed by atoms with Gasteiger partial charge in [0.25, 0.3) is 0 Å². The maximum atomic E-state index is 12.7. The standard InChI is InChI=1S/C25H30N6O/c1-5-8-17(6-2)13-28-24-20(9-7-12-27-24)22(26)25-29-14-19(15-30-25)21(16-31(3)4)23(32)18-10-11-18/h5-9,12,14-16,18,26H,10-11,13H2,1-4H3,(H,27,28)/b8-5-,17-6+,21-16+,26-22?. The van der Waals surface area contributed by atoms with Gasteiger partial charge in [-0.25, -0.2) is 15.0 Å². The Kier molecular flexibility index (Phi) is 7.65. The molecular formula is C25H30N6O. The summed E-state index contributed by atoms with van der Waals surface area (Å²) in [6.45, 7) is 4.56. The minimum Gasteiger partial charge on any atom is -0.383 e. The van der Waals surface area contributed by atoms with Crippen molar-refractivity contribution in [3.8, 4) is 0 Å². The highest BCUT2D eigenvalue weighted by Gasteiger charge is 2.32. The molecule has 0 saturated heterocycles. The summed E-state index contributed by atoms with van der Waals surface area (Å²) in [6, 6.07) is 3.62. The van der Waals surface area contributed by atoms with E-state index in [2.05, 4.69) is 20.3 Å². The molecule has 0 bridgehead atoms. The van der Waals surface area contributed by atoms with Crippen LogP contribution < -0.4 is 5.32 Å². The molecule has 7 nitrogen and oxygen atoms in total. The number of nitrogens with one attached hydrogen (secondary N) is 2. The highest BCUT2D eigenvalue weighted by Crippen LogP contribution is 2.35. The van der Waals surface area contributed by atoms with Crippen molar-refractivity contribution in [2.45, 2.75) is 26.7 Å². The number of carbonyl (C=O) groups is 1. The Labute approximate surface area is 189 Å². The number of Topliss-reactive ketones (excluding diaryl/α,β-unsaturated/α-hetero) is 1. The largest absolute Gasteiger partial charge is 0.383 e. The maximum absolute atomic E-state index is 12.7. The first kappa shape index (κ1) is 23.1. The van der Waals surface area contributed by atoms with Crippen molar-refractivity contribution < 1.29 is 4.79 Å². The molecule has 1 aliphatic rings. The number of allylic oxidation sites excluding steroid dienone is 3. The lowest BCUT2D eigenvalue weighted by molar-refractivity contribution is -0.114. The first-order valence-corrected chi connectivity index (χ1v) is 10.8. The van der Waals surface area contributed by atoms with Crippen molar-refractivity contribution in [2.24, 2.45) is 5.92 Å². The fourth-order valence-corrected chi connectivity index (χ4v) is 3.23. The predicted octanol–water partition coefficient (Wildman–Crippen LogP) is 4.10. The number of pyridine rings is 1. The summed E-state index contributed by atoms with van der Waals surface area (Å²) in [5, 5.41) is 12.0. The summed E-state index contributed by atoms with van der Waals surface area (Å²) in [6.07, 6.45) is 14.7. The van der Waals surface area contributed by atoms with Crippen molar-refractivity contribution in [3.05, 3.63) is 77.7 Å². The van der Waals surface area contributed by atoms with E-state index in [1.54, 1.807) is 24.7 Å². The van der Waals surface area contributed by atoms with Crippen molar-refractivity contribution in [2.75, 3.05) is 26.0 Å². The van der Waals surface area contributed by atoms with Crippen LogP contribution in [0.2, 0.25) is 0 Å². The van der Waals surface area contributed by atoms with E-state index in [-0.39, 0.29) is 23.2 Å². The Morgan fingerprint density at radius 2 is 1.94 bits per heavy atom. The van der Waals surface area contributed by atoms with Crippen LogP contribution >= 0.6 is 0 Å². The van der Waals surface area contributed by atoms with E-state index in [1.807, 2.05) is 63.3 Å². The zero-order chi connectivity index (χ0) is 23.1. The van der Waals surface area contributed by atoms with Crippen LogP contribution in [0.5, 0.6) is 0 Å². The normalized spacial score (nSPS) is 14.5. The highest BCUT2D eigenvalue weighted by molar-refractivity contribution is 6.22. The molecule has 2 N–H and O–H groups in total. The summed E-state index contributed by atoms with van der Waals surface area (Å²) in [4.78, 5) is 27.8. The van der Waals surface area contributed by atoms with Gasteiger partial charge in [0.1, 0.15) is 11.5 Å². The molecule has 0 atom stereocenters. The van der Waals surface area contributed by atoms with Crippen LogP contribution in [0.4, 0.5) is 5.82 Å². The number of anilines is 1. The summed E-state index contributed by atoms with van der Waals surface area (Å²) < 4.78 is 0. The van der Waals surface area contributed by atoms with Gasteiger partial charge in [-0.05, 0) is 44.4 Å². The molecule has 166 valence electrons. The average molecular weight is 431 g/mol. The molecular weight excluding hydrogens is 400 g/mol. The van der Waals surface area contributed by atoms with Crippen LogP contribution in [-0.4, -0.2) is 52.0 Å². The average Bonchev–Trinajstić information content (AvgIpc) is 3.65. The molecule has 2 heterocycles. The summed E-state index contributed by atoms with van der Waals surface area (Å²) in [5.74, 6) is 1.12. The number of nitrogens with zero attached hydrogens (tertiary/aromatic N) is 4. The smallest absolute Gasteiger partial charge is 0.178 e. The van der Waals surface area contributed by atoms with Crippen molar-refractivity contribution >= 4 is 22.9 Å². The van der Waals surface area contributed by atoms with E-state index in [1.165, 1.54) is 0 Å². The fraction of sp³-hybridized carbons (Fsp3) is 0.320. The second-order valence-corrected chi connectivity index (χ2v) is 7.93. The van der Waals surface area contributed by atoms with Gasteiger partial charge in [-0.15, -0.1) is 0 Å². The molecule has 1 fully saturated rings. The van der Waals surface area contributed by atoms with Crippen LogP contribution in [0, 0.1) is 11.3 Å². The predicted molar refractivity (Wildman–Crippen MR) is 129 cm³/mol. The lowest BCUT2D eigenvalue weighted by Crippen LogP contribution is -2.14. The topological polar surface area (TPSA) is 94.9 Å². The monoisotopic (exact) mass is 430 g/mol. The molecule has 3 rings (SSSR count). The van der Waals surface area contributed by atoms with Crippen molar-refractivity contribution in [1.29, 1.82) is 5.41 Å². The molecule has 0 spiro atoms. The van der Waals surface area contributed by atoms with E-state index < -0.39 is 0 Å². The van der Waals surface area contributed by atoms with Gasteiger partial charge in [0, 0.05) is 68.0 Å². The molecule has 0 aromatic carbocycles. The Morgan fingerprint density at radius 3 is 2.53 bits per heavy atom. The van der Waals surface area contributed by atoms with Gasteiger partial charge >= 0.3 is 0 Å². The SMILES string of the molecule is C/C=C\C(=C/C)CNc1ncccc1C(=N)c1ncc(/C(=C\N(C)C)C(=O)C2CC2)cn1. The van der Waals surface area contributed by atoms with Gasteiger partial charge < -0.3 is 10.2 Å². The zero-order valence-electron chi connectivity index (χ0n) is 19.1. The second-order valence-electron chi connectivity index (χ2n) is 7.93. The molecule has 0 radical (unpaired) electrons.